The number of carbonyl (C=O) groups excluding carboxylic acids is 2. The first-order chi connectivity index (χ1) is 15.2. The molecule has 0 aromatic rings. The average Bonchev–Trinajstić information content (AvgIpc) is 3.00. The molecule has 0 saturated heterocycles. The second kappa shape index (κ2) is 8.04. The summed E-state index contributed by atoms with van der Waals surface area (Å²) >= 11 is 0. The number of rotatable bonds is 5. The molecular weight excluding hydrogens is 408 g/mol. The molecule has 186 valence electrons. The van der Waals surface area contributed by atoms with Crippen LogP contribution in [0.2, 0.25) is 0 Å². The Labute approximate surface area is 202 Å². The normalized spacial score (nSPS) is 45.2. The van der Waals surface area contributed by atoms with Crippen LogP contribution < -0.4 is 0 Å². The van der Waals surface area contributed by atoms with Gasteiger partial charge < -0.3 is 5.11 Å². The molecule has 0 amide bonds. The van der Waals surface area contributed by atoms with Crippen LogP contribution in [0, 0.1) is 51.2 Å². The number of hydrogen-bond acceptors (Lipinski definition) is 3. The lowest BCUT2D eigenvalue weighted by atomic mass is 9.38. The van der Waals surface area contributed by atoms with Crippen LogP contribution in [0.1, 0.15) is 107 Å². The minimum Gasteiger partial charge on any atom is -0.392 e. The van der Waals surface area contributed by atoms with Crippen molar-refractivity contribution in [3.63, 3.8) is 0 Å². The van der Waals surface area contributed by atoms with E-state index < -0.39 is 0 Å². The van der Waals surface area contributed by atoms with E-state index in [1.165, 1.54) is 18.4 Å². The molecule has 0 aliphatic heterocycles. The van der Waals surface area contributed by atoms with Crippen molar-refractivity contribution in [2.24, 2.45) is 51.2 Å². The van der Waals surface area contributed by atoms with Gasteiger partial charge in [-0.05, 0) is 73.0 Å². The minimum atomic E-state index is -0.318. The molecule has 1 N–H and O–H groups in total. The van der Waals surface area contributed by atoms with Gasteiger partial charge in [0, 0.05) is 29.6 Å². The molecule has 4 aliphatic carbocycles. The largest absolute Gasteiger partial charge is 0.392 e. The Bertz CT molecular complexity index is 853. The van der Waals surface area contributed by atoms with Gasteiger partial charge in [-0.25, -0.2) is 0 Å². The molecule has 0 radical (unpaired) electrons. The zero-order chi connectivity index (χ0) is 24.6. The molecule has 0 heterocycles. The van der Waals surface area contributed by atoms with Crippen molar-refractivity contribution in [3.8, 4) is 0 Å². The van der Waals surface area contributed by atoms with Gasteiger partial charge in [0.25, 0.3) is 0 Å². The van der Waals surface area contributed by atoms with E-state index in [1.54, 1.807) is 0 Å². The summed E-state index contributed by atoms with van der Waals surface area (Å²) in [5.41, 5.74) is 0.925. The van der Waals surface area contributed by atoms with E-state index in [9.17, 15) is 14.7 Å². The zero-order valence-electron chi connectivity index (χ0n) is 22.5. The molecule has 3 fully saturated rings. The lowest BCUT2D eigenvalue weighted by Gasteiger charge is -2.64. The lowest BCUT2D eigenvalue weighted by molar-refractivity contribution is -0.172. The monoisotopic (exact) mass is 456 g/mol. The number of aliphatic hydroxyl groups is 1. The van der Waals surface area contributed by atoms with Crippen LogP contribution in [0.5, 0.6) is 0 Å². The third-order valence-corrected chi connectivity index (χ3v) is 11.9. The maximum absolute atomic E-state index is 14.2. The number of hydrogen-bond donors (Lipinski definition) is 1. The van der Waals surface area contributed by atoms with Gasteiger partial charge in [-0.3, -0.25) is 9.59 Å². The Kier molecular flexibility index (Phi) is 6.12. The summed E-state index contributed by atoms with van der Waals surface area (Å²) in [6, 6.07) is 0. The van der Waals surface area contributed by atoms with E-state index in [4.69, 9.17) is 0 Å². The van der Waals surface area contributed by atoms with Crippen LogP contribution >= 0.6 is 0 Å². The summed E-state index contributed by atoms with van der Waals surface area (Å²) in [6.45, 7) is 17.9. The fourth-order valence-corrected chi connectivity index (χ4v) is 9.24. The molecule has 0 spiro atoms. The van der Waals surface area contributed by atoms with E-state index in [0.717, 1.165) is 25.7 Å². The Morgan fingerprint density at radius 3 is 2.36 bits per heavy atom. The molecular formula is C30H48O3. The fourth-order valence-electron chi connectivity index (χ4n) is 9.24. The first-order valence-electron chi connectivity index (χ1n) is 13.7. The van der Waals surface area contributed by atoms with E-state index in [2.05, 4.69) is 47.6 Å². The first kappa shape index (κ1) is 25.1. The highest BCUT2D eigenvalue weighted by atomic mass is 16.3. The molecule has 8 atom stereocenters. The van der Waals surface area contributed by atoms with Gasteiger partial charge in [0.1, 0.15) is 11.6 Å². The molecule has 3 saturated carbocycles. The fraction of sp³-hybridized carbons (Fsp3) is 0.867. The number of carbonyl (C=O) groups is 2. The van der Waals surface area contributed by atoms with Crippen LogP contribution in [-0.4, -0.2) is 22.8 Å². The molecule has 0 unspecified atom stereocenters. The van der Waals surface area contributed by atoms with Crippen molar-refractivity contribution in [3.05, 3.63) is 11.6 Å². The van der Waals surface area contributed by atoms with Gasteiger partial charge in [0.2, 0.25) is 0 Å². The van der Waals surface area contributed by atoms with Crippen molar-refractivity contribution in [2.45, 2.75) is 113 Å². The van der Waals surface area contributed by atoms with Crippen LogP contribution in [0.15, 0.2) is 11.6 Å². The van der Waals surface area contributed by atoms with Crippen molar-refractivity contribution >= 4 is 11.6 Å². The van der Waals surface area contributed by atoms with Gasteiger partial charge in [-0.15, -0.1) is 0 Å². The van der Waals surface area contributed by atoms with Crippen LogP contribution in [0.25, 0.3) is 0 Å². The summed E-state index contributed by atoms with van der Waals surface area (Å²) in [6.07, 6.45) is 9.46. The predicted octanol–water partition coefficient (Wildman–Crippen LogP) is 6.77. The number of fused-ring (bicyclic) bond motifs is 5. The second-order valence-corrected chi connectivity index (χ2v) is 13.8. The van der Waals surface area contributed by atoms with Gasteiger partial charge >= 0.3 is 0 Å². The highest BCUT2D eigenvalue weighted by molar-refractivity contribution is 5.88. The third-order valence-electron chi connectivity index (χ3n) is 11.9. The predicted molar refractivity (Wildman–Crippen MR) is 134 cm³/mol. The van der Waals surface area contributed by atoms with E-state index >= 15 is 0 Å². The minimum absolute atomic E-state index is 0.00357. The second-order valence-electron chi connectivity index (χ2n) is 13.8. The molecule has 4 rings (SSSR count). The Morgan fingerprint density at radius 2 is 1.73 bits per heavy atom. The molecule has 0 aromatic heterocycles. The summed E-state index contributed by atoms with van der Waals surface area (Å²) < 4.78 is 0. The topological polar surface area (TPSA) is 54.4 Å². The highest BCUT2D eigenvalue weighted by Gasteiger charge is 2.70. The molecule has 0 bridgehead atoms. The average molecular weight is 457 g/mol. The van der Waals surface area contributed by atoms with Gasteiger partial charge in [-0.1, -0.05) is 67.0 Å². The highest BCUT2D eigenvalue weighted by Crippen LogP contribution is 2.74. The maximum Gasteiger partial charge on any atom is 0.140 e. The van der Waals surface area contributed by atoms with Crippen LogP contribution in [-0.2, 0) is 9.59 Å². The summed E-state index contributed by atoms with van der Waals surface area (Å²) in [5, 5.41) is 10.7. The zero-order valence-corrected chi connectivity index (χ0v) is 22.5. The van der Waals surface area contributed by atoms with Gasteiger partial charge in [0.05, 0.1) is 6.10 Å². The first-order valence-corrected chi connectivity index (χ1v) is 13.7. The molecule has 3 nitrogen and oxygen atoms in total. The Morgan fingerprint density at radius 1 is 1.06 bits per heavy atom. The summed E-state index contributed by atoms with van der Waals surface area (Å²) in [4.78, 5) is 26.5. The Hall–Kier alpha value is -0.960. The molecule has 3 heteroatoms. The van der Waals surface area contributed by atoms with E-state index in [-0.39, 0.29) is 39.6 Å². The van der Waals surface area contributed by atoms with Gasteiger partial charge in [0.15, 0.2) is 0 Å². The van der Waals surface area contributed by atoms with Crippen molar-refractivity contribution in [2.75, 3.05) is 0 Å². The van der Waals surface area contributed by atoms with Crippen molar-refractivity contribution in [1.82, 2.24) is 0 Å². The number of aliphatic hydroxyl groups excluding tert-OH is 1. The number of Topliss-reactive ketones (excluding diaryl/α,β-unsaturated/α-hetero) is 2. The van der Waals surface area contributed by atoms with Crippen LogP contribution in [0.4, 0.5) is 0 Å². The van der Waals surface area contributed by atoms with Crippen LogP contribution in [0.3, 0.4) is 0 Å². The molecule has 33 heavy (non-hydrogen) atoms. The molecule has 0 aromatic carbocycles. The number of ketones is 2. The SMILES string of the molecule is CC(C)C(=O)CC[C@@H](C)[C@H]1CC[C@@]2(C)[C@H]3CC=C4[C@@H](CC[C@H](O)C4(C)C)[C@]3(C)C(=O)C[C@]12C. The summed E-state index contributed by atoms with van der Waals surface area (Å²) in [7, 11) is 0. The maximum atomic E-state index is 14.2. The smallest absolute Gasteiger partial charge is 0.140 e. The Balaban J connectivity index is 1.66. The van der Waals surface area contributed by atoms with Crippen molar-refractivity contribution in [1.29, 1.82) is 0 Å². The number of allylic oxidation sites excluding steroid dienone is 1. The third kappa shape index (κ3) is 3.38. The van der Waals surface area contributed by atoms with E-state index in [1.807, 2.05) is 13.8 Å². The van der Waals surface area contributed by atoms with Gasteiger partial charge in [-0.2, -0.15) is 0 Å². The lowest BCUT2D eigenvalue weighted by Crippen LogP contribution is -2.63. The standard InChI is InChI=1S/C30H48O3/c1-18(2)23(31)12-9-19(3)20-15-16-28(6)24-13-10-21-22(11-14-25(32)27(21,4)5)30(24,8)26(33)17-29(20,28)7/h10,18-20,22,24-25,32H,9,11-17H2,1-8H3/t19-,20-,22-,24-,25+,28+,29-,30+/m1/s1. The van der Waals surface area contributed by atoms with Crippen molar-refractivity contribution < 1.29 is 14.7 Å². The van der Waals surface area contributed by atoms with E-state index in [0.29, 0.717) is 42.2 Å². The quantitative estimate of drug-likeness (QED) is 0.464. The summed E-state index contributed by atoms with van der Waals surface area (Å²) in [5.74, 6) is 2.55. The molecule has 4 aliphatic rings.